The fourth-order valence-electron chi connectivity index (χ4n) is 10.2. The van der Waals surface area contributed by atoms with Gasteiger partial charge in [-0.15, -0.1) is 0 Å². The first kappa shape index (κ1) is 41.5. The minimum absolute atomic E-state index is 0.0952. The standard InChI is InChI=1S/C52H46N6O7/c1-63-39-20-15-34(16-21-39)13-14-35-17-24-42-41(33-35)52(50(62)55-42)43(48(60)56-27-29-57(30-28-56)51-53-25-8-26-54-51)45-49(61)65-46(37-11-6-3-7-12-37)44(36-9-4-2-5-10-36)58(45)47(52)38-18-22-40(23-19-38)64-32-31-59/h2-12,15-26,33,43-47,59H,27-32H2,1H3,(H,55,62)/t43-,44-,45-,46+,47+,52-/m1/s1. The molecule has 0 radical (unpaired) electrons. The average molecular weight is 867 g/mol. The molecule has 0 unspecified atom stereocenters. The molecule has 13 nitrogen and oxygen atoms in total. The number of hydrogen-bond donors (Lipinski definition) is 2. The van der Waals surface area contributed by atoms with Crippen LogP contribution in [0.3, 0.4) is 0 Å². The van der Waals surface area contributed by atoms with Gasteiger partial charge in [-0.05, 0) is 82.9 Å². The highest BCUT2D eigenvalue weighted by Gasteiger charge is 2.74. The molecular formula is C52H46N6O7. The fourth-order valence-corrected chi connectivity index (χ4v) is 10.2. The number of carbonyl (C=O) groups excluding carboxylic acids is 3. The normalized spacial score (nSPS) is 23.4. The summed E-state index contributed by atoms with van der Waals surface area (Å²) in [7, 11) is 1.61. The largest absolute Gasteiger partial charge is 0.497 e. The second-order valence-corrected chi connectivity index (χ2v) is 16.5. The van der Waals surface area contributed by atoms with Gasteiger partial charge in [0.15, 0.2) is 0 Å². The summed E-state index contributed by atoms with van der Waals surface area (Å²) in [5.41, 5.74) is 3.12. The summed E-state index contributed by atoms with van der Waals surface area (Å²) in [6.07, 6.45) is 2.58. The monoisotopic (exact) mass is 866 g/mol. The van der Waals surface area contributed by atoms with Gasteiger partial charge < -0.3 is 34.4 Å². The second-order valence-electron chi connectivity index (χ2n) is 16.5. The smallest absolute Gasteiger partial charge is 0.324 e. The predicted molar refractivity (Wildman–Crippen MR) is 242 cm³/mol. The molecule has 10 rings (SSSR count). The van der Waals surface area contributed by atoms with Crippen LogP contribution in [0, 0.1) is 17.8 Å². The zero-order valence-corrected chi connectivity index (χ0v) is 35.6. The van der Waals surface area contributed by atoms with Gasteiger partial charge in [0.2, 0.25) is 17.8 Å². The van der Waals surface area contributed by atoms with E-state index < -0.39 is 47.4 Å². The Hall–Kier alpha value is -7.53. The maximum Gasteiger partial charge on any atom is 0.324 e. The summed E-state index contributed by atoms with van der Waals surface area (Å²) in [6.45, 7) is 1.44. The third-order valence-electron chi connectivity index (χ3n) is 13.0. The number of benzene rings is 5. The molecule has 1 spiro atoms. The topological polar surface area (TPSA) is 147 Å². The van der Waals surface area contributed by atoms with Gasteiger partial charge in [-0.2, -0.15) is 0 Å². The van der Waals surface area contributed by atoms with Crippen LogP contribution in [0.2, 0.25) is 0 Å². The number of morpholine rings is 1. The number of nitrogens with one attached hydrogen (secondary N) is 1. The summed E-state index contributed by atoms with van der Waals surface area (Å²) >= 11 is 0. The van der Waals surface area contributed by atoms with Gasteiger partial charge in [-0.3, -0.25) is 19.3 Å². The zero-order valence-electron chi connectivity index (χ0n) is 35.6. The molecule has 5 aromatic carbocycles. The molecule has 65 heavy (non-hydrogen) atoms. The molecule has 326 valence electrons. The lowest BCUT2D eigenvalue weighted by molar-refractivity contribution is -0.179. The summed E-state index contributed by atoms with van der Waals surface area (Å²) in [4.78, 5) is 61.7. The zero-order chi connectivity index (χ0) is 44.5. The molecule has 13 heteroatoms. The average Bonchev–Trinajstić information content (AvgIpc) is 3.84. The van der Waals surface area contributed by atoms with Gasteiger partial charge >= 0.3 is 5.97 Å². The van der Waals surface area contributed by atoms with Crippen LogP contribution in [0.25, 0.3) is 0 Å². The Bertz CT molecular complexity index is 2760. The van der Waals surface area contributed by atoms with E-state index in [2.05, 4.69) is 32.0 Å². The molecule has 4 aliphatic heterocycles. The number of carbonyl (C=O) groups is 3. The van der Waals surface area contributed by atoms with Crippen molar-refractivity contribution in [2.24, 2.45) is 5.92 Å². The first-order valence-electron chi connectivity index (χ1n) is 21.7. The number of methoxy groups -OCH3 is 1. The van der Waals surface area contributed by atoms with E-state index in [0.29, 0.717) is 66.0 Å². The highest BCUT2D eigenvalue weighted by molar-refractivity contribution is 6.12. The fraction of sp³-hybridized carbons (Fsp3) is 0.250. The van der Waals surface area contributed by atoms with Crippen LogP contribution in [0.4, 0.5) is 11.6 Å². The highest BCUT2D eigenvalue weighted by Crippen LogP contribution is 2.65. The molecule has 3 fully saturated rings. The van der Waals surface area contributed by atoms with E-state index in [4.69, 9.17) is 14.2 Å². The molecule has 0 saturated carbocycles. The maximum absolute atomic E-state index is 15.9. The van der Waals surface area contributed by atoms with Crippen molar-refractivity contribution in [2.45, 2.75) is 29.6 Å². The summed E-state index contributed by atoms with van der Waals surface area (Å²) < 4.78 is 17.8. The molecule has 3 saturated heterocycles. The summed E-state index contributed by atoms with van der Waals surface area (Å²) in [5.74, 6) is 5.78. The number of aliphatic hydroxyl groups excluding tert-OH is 1. The van der Waals surface area contributed by atoms with Crippen LogP contribution in [0.15, 0.2) is 146 Å². The Morgan fingerprint density at radius 2 is 1.42 bits per heavy atom. The molecular weight excluding hydrogens is 821 g/mol. The van der Waals surface area contributed by atoms with E-state index in [0.717, 1.165) is 16.7 Å². The number of anilines is 2. The molecule has 2 N–H and O–H groups in total. The molecule has 6 aromatic rings. The van der Waals surface area contributed by atoms with E-state index >= 15 is 14.4 Å². The SMILES string of the molecule is COc1ccc(C#Cc2ccc3c(c2)[C@]2(C(=O)N3)[C@H](c3ccc(OCCO)cc3)N3[C@H](c4ccccc4)[C@H](c4ccccc4)OC(=O)[C@H]3[C@@H]2C(=O)N2CCN(c3ncccn3)CC2)cc1. The number of aromatic nitrogens is 2. The van der Waals surface area contributed by atoms with Crippen molar-refractivity contribution in [1.82, 2.24) is 19.8 Å². The maximum atomic E-state index is 15.9. The van der Waals surface area contributed by atoms with Crippen LogP contribution < -0.4 is 19.7 Å². The number of aliphatic hydroxyl groups is 1. The first-order valence-corrected chi connectivity index (χ1v) is 21.7. The lowest BCUT2D eigenvalue weighted by Gasteiger charge is -2.46. The van der Waals surface area contributed by atoms with Crippen molar-refractivity contribution in [2.75, 3.05) is 56.7 Å². The third-order valence-corrected chi connectivity index (χ3v) is 13.0. The van der Waals surface area contributed by atoms with Crippen molar-refractivity contribution in [3.63, 3.8) is 0 Å². The van der Waals surface area contributed by atoms with Crippen LogP contribution in [-0.4, -0.2) is 95.2 Å². The number of ether oxygens (including phenoxy) is 3. The number of nitrogens with zero attached hydrogens (tertiary/aromatic N) is 5. The Morgan fingerprint density at radius 3 is 2.09 bits per heavy atom. The summed E-state index contributed by atoms with van der Waals surface area (Å²) in [6, 6.07) is 38.8. The molecule has 6 atom stereocenters. The highest BCUT2D eigenvalue weighted by atomic mass is 16.6. The number of fused-ring (bicyclic) bond motifs is 3. The van der Waals surface area contributed by atoms with Crippen molar-refractivity contribution in [3.8, 4) is 23.3 Å². The van der Waals surface area contributed by atoms with E-state index in [1.165, 1.54) is 0 Å². The first-order chi connectivity index (χ1) is 31.9. The minimum Gasteiger partial charge on any atom is -0.497 e. The van der Waals surface area contributed by atoms with E-state index in [-0.39, 0.29) is 19.1 Å². The minimum atomic E-state index is -1.68. The number of cyclic esters (lactones) is 1. The second kappa shape index (κ2) is 17.6. The number of esters is 1. The molecule has 0 aliphatic carbocycles. The quantitative estimate of drug-likeness (QED) is 0.133. The molecule has 5 heterocycles. The summed E-state index contributed by atoms with van der Waals surface area (Å²) in [5, 5.41) is 12.7. The molecule has 1 aromatic heterocycles. The Kier molecular flexibility index (Phi) is 11.2. The van der Waals surface area contributed by atoms with Gasteiger partial charge in [-0.1, -0.05) is 84.6 Å². The predicted octanol–water partition coefficient (Wildman–Crippen LogP) is 5.88. The van der Waals surface area contributed by atoms with Gasteiger partial charge in [0.1, 0.15) is 35.7 Å². The van der Waals surface area contributed by atoms with Crippen LogP contribution in [0.1, 0.15) is 51.6 Å². The van der Waals surface area contributed by atoms with E-state index in [9.17, 15) is 5.11 Å². The number of hydrogen-bond acceptors (Lipinski definition) is 11. The number of amides is 2. The van der Waals surface area contributed by atoms with Crippen molar-refractivity contribution >= 4 is 29.4 Å². The Labute approximate surface area is 376 Å². The number of rotatable bonds is 9. The Morgan fingerprint density at radius 1 is 0.769 bits per heavy atom. The van der Waals surface area contributed by atoms with Crippen LogP contribution in [-0.2, 0) is 24.5 Å². The van der Waals surface area contributed by atoms with Gasteiger partial charge in [0.05, 0.1) is 31.7 Å². The van der Waals surface area contributed by atoms with Gasteiger partial charge in [0, 0.05) is 55.4 Å². The van der Waals surface area contributed by atoms with E-state index in [1.807, 2.05) is 120 Å². The van der Waals surface area contributed by atoms with Gasteiger partial charge in [-0.25, -0.2) is 9.97 Å². The van der Waals surface area contributed by atoms with Crippen molar-refractivity contribution in [3.05, 3.63) is 179 Å². The lowest BCUT2D eigenvalue weighted by Crippen LogP contribution is -2.58. The molecule has 4 aliphatic rings. The molecule has 2 amide bonds. The lowest BCUT2D eigenvalue weighted by atomic mass is 9.65. The van der Waals surface area contributed by atoms with E-state index in [1.54, 1.807) is 42.6 Å². The van der Waals surface area contributed by atoms with Crippen molar-refractivity contribution < 1.29 is 33.7 Å². The molecule has 0 bridgehead atoms. The van der Waals surface area contributed by atoms with Crippen LogP contribution >= 0.6 is 0 Å². The van der Waals surface area contributed by atoms with Crippen molar-refractivity contribution in [1.29, 1.82) is 0 Å². The van der Waals surface area contributed by atoms with Crippen LogP contribution in [0.5, 0.6) is 11.5 Å². The van der Waals surface area contributed by atoms with Gasteiger partial charge in [0.25, 0.3) is 0 Å². The third kappa shape index (κ3) is 7.40. The number of piperazine rings is 1. The Balaban J connectivity index is 1.18.